The highest BCUT2D eigenvalue weighted by Gasteiger charge is 2.36. The van der Waals surface area contributed by atoms with Gasteiger partial charge in [-0.05, 0) is 60.3 Å². The zero-order valence-electron chi connectivity index (χ0n) is 16.2. The summed E-state index contributed by atoms with van der Waals surface area (Å²) in [5, 5.41) is 0. The number of anilines is 1. The summed E-state index contributed by atoms with van der Waals surface area (Å²) in [5.74, 6) is 3.47. The van der Waals surface area contributed by atoms with Crippen molar-refractivity contribution in [2.45, 2.75) is 51.0 Å². The van der Waals surface area contributed by atoms with Crippen LogP contribution in [-0.2, 0) is 13.0 Å². The van der Waals surface area contributed by atoms with E-state index in [4.69, 9.17) is 9.47 Å². The monoisotopic (exact) mass is 363 g/mol. The van der Waals surface area contributed by atoms with E-state index in [1.165, 1.54) is 55.3 Å². The first-order valence-electron chi connectivity index (χ1n) is 10.5. The number of hydrogen-bond donors (Lipinski definition) is 0. The molecule has 2 aromatic rings. The second-order valence-electron chi connectivity index (χ2n) is 8.35. The van der Waals surface area contributed by atoms with E-state index < -0.39 is 0 Å². The first-order chi connectivity index (χ1) is 13.3. The molecule has 0 spiro atoms. The lowest BCUT2D eigenvalue weighted by Gasteiger charge is -2.41. The minimum absolute atomic E-state index is 0.591. The Morgan fingerprint density at radius 1 is 1.11 bits per heavy atom. The summed E-state index contributed by atoms with van der Waals surface area (Å²) < 4.78 is 12.5. The van der Waals surface area contributed by atoms with Crippen molar-refractivity contribution in [3.63, 3.8) is 0 Å². The minimum atomic E-state index is 0.591. The number of rotatable bonds is 3. The quantitative estimate of drug-likeness (QED) is 0.737. The molecule has 1 aliphatic heterocycles. The van der Waals surface area contributed by atoms with Gasteiger partial charge in [-0.3, -0.25) is 0 Å². The maximum Gasteiger partial charge on any atom is 0.184 e. The molecule has 1 heterocycles. The molecule has 1 saturated carbocycles. The standard InChI is InChI=1S/C24H29NO2/c1-25-13-14-26-24-22(27-16-17-7-3-2-4-8-17)15-21-19-10-6-5-9-18(19)11-12-20(21)23(24)25/h2-4,7-8,15,18-19H,5-6,9-14,16H2,1H3. The van der Waals surface area contributed by atoms with E-state index in [0.717, 1.165) is 30.6 Å². The third-order valence-corrected chi connectivity index (χ3v) is 6.73. The van der Waals surface area contributed by atoms with E-state index in [2.05, 4.69) is 42.3 Å². The van der Waals surface area contributed by atoms with Gasteiger partial charge in [-0.15, -0.1) is 0 Å². The Kier molecular flexibility index (Phi) is 4.47. The predicted molar refractivity (Wildman–Crippen MR) is 109 cm³/mol. The fraction of sp³-hybridized carbons (Fsp3) is 0.500. The van der Waals surface area contributed by atoms with Crippen molar-refractivity contribution in [3.05, 3.63) is 53.1 Å². The maximum absolute atomic E-state index is 6.33. The Balaban J connectivity index is 1.55. The van der Waals surface area contributed by atoms with Crippen LogP contribution in [0.1, 0.15) is 54.7 Å². The highest BCUT2D eigenvalue weighted by Crippen LogP contribution is 2.53. The van der Waals surface area contributed by atoms with Crippen molar-refractivity contribution in [1.29, 1.82) is 0 Å². The summed E-state index contributed by atoms with van der Waals surface area (Å²) in [6, 6.07) is 12.8. The number of benzene rings is 2. The van der Waals surface area contributed by atoms with Gasteiger partial charge < -0.3 is 14.4 Å². The molecule has 0 amide bonds. The SMILES string of the molecule is CN1CCOc2c(OCc3ccccc3)cc3c(c21)CCC1CCCCC31. The molecule has 0 N–H and O–H groups in total. The van der Waals surface area contributed by atoms with Gasteiger partial charge in [-0.1, -0.05) is 43.2 Å². The Morgan fingerprint density at radius 2 is 1.96 bits per heavy atom. The molecular formula is C24H29NO2. The largest absolute Gasteiger partial charge is 0.486 e. The zero-order chi connectivity index (χ0) is 18.2. The van der Waals surface area contributed by atoms with Gasteiger partial charge >= 0.3 is 0 Å². The first-order valence-corrected chi connectivity index (χ1v) is 10.5. The Hall–Kier alpha value is -2.16. The van der Waals surface area contributed by atoms with Crippen molar-refractivity contribution in [1.82, 2.24) is 0 Å². The molecule has 2 aromatic carbocycles. The first kappa shape index (κ1) is 17.0. The van der Waals surface area contributed by atoms with E-state index in [0.29, 0.717) is 12.5 Å². The summed E-state index contributed by atoms with van der Waals surface area (Å²) >= 11 is 0. The van der Waals surface area contributed by atoms with Crippen LogP contribution < -0.4 is 14.4 Å². The van der Waals surface area contributed by atoms with Gasteiger partial charge in [0.25, 0.3) is 0 Å². The van der Waals surface area contributed by atoms with Crippen molar-refractivity contribution >= 4 is 5.69 Å². The van der Waals surface area contributed by atoms with Crippen LogP contribution in [0.3, 0.4) is 0 Å². The van der Waals surface area contributed by atoms with Crippen molar-refractivity contribution in [2.75, 3.05) is 25.1 Å². The van der Waals surface area contributed by atoms with Crippen LogP contribution in [0.2, 0.25) is 0 Å². The number of fused-ring (bicyclic) bond motifs is 5. The normalized spacial score (nSPS) is 23.7. The summed E-state index contributed by atoms with van der Waals surface area (Å²) in [7, 11) is 2.20. The molecule has 0 radical (unpaired) electrons. The van der Waals surface area contributed by atoms with Gasteiger partial charge in [-0.2, -0.15) is 0 Å². The van der Waals surface area contributed by atoms with Crippen LogP contribution in [0.5, 0.6) is 11.5 Å². The zero-order valence-corrected chi connectivity index (χ0v) is 16.2. The smallest absolute Gasteiger partial charge is 0.184 e. The van der Waals surface area contributed by atoms with E-state index in [9.17, 15) is 0 Å². The predicted octanol–water partition coefficient (Wildman–Crippen LogP) is 5.31. The Morgan fingerprint density at radius 3 is 2.85 bits per heavy atom. The molecule has 5 rings (SSSR count). The van der Waals surface area contributed by atoms with E-state index in [1.807, 2.05) is 6.07 Å². The number of hydrogen-bond acceptors (Lipinski definition) is 3. The number of ether oxygens (including phenoxy) is 2. The molecule has 1 fully saturated rings. The molecule has 0 saturated heterocycles. The lowest BCUT2D eigenvalue weighted by atomic mass is 9.67. The molecule has 0 aromatic heterocycles. The fourth-order valence-corrected chi connectivity index (χ4v) is 5.35. The third kappa shape index (κ3) is 3.07. The van der Waals surface area contributed by atoms with Crippen molar-refractivity contribution < 1.29 is 9.47 Å². The molecule has 3 aliphatic rings. The summed E-state index contributed by atoms with van der Waals surface area (Å²) in [6.45, 7) is 2.28. The van der Waals surface area contributed by atoms with Crippen LogP contribution >= 0.6 is 0 Å². The summed E-state index contributed by atoms with van der Waals surface area (Å²) in [4.78, 5) is 2.39. The van der Waals surface area contributed by atoms with Gasteiger partial charge in [0.1, 0.15) is 13.2 Å². The van der Waals surface area contributed by atoms with Gasteiger partial charge in [0, 0.05) is 7.05 Å². The molecule has 3 heteroatoms. The second kappa shape index (κ2) is 7.10. The molecule has 142 valence electrons. The lowest BCUT2D eigenvalue weighted by molar-refractivity contribution is 0.249. The Bertz CT molecular complexity index is 817. The molecule has 2 unspecified atom stereocenters. The van der Waals surface area contributed by atoms with Crippen molar-refractivity contribution in [2.24, 2.45) is 5.92 Å². The fourth-order valence-electron chi connectivity index (χ4n) is 5.35. The third-order valence-electron chi connectivity index (χ3n) is 6.73. The average molecular weight is 364 g/mol. The topological polar surface area (TPSA) is 21.7 Å². The van der Waals surface area contributed by atoms with Crippen molar-refractivity contribution in [3.8, 4) is 11.5 Å². The van der Waals surface area contributed by atoms with Crippen LogP contribution in [-0.4, -0.2) is 20.2 Å². The second-order valence-corrected chi connectivity index (χ2v) is 8.35. The molecule has 3 nitrogen and oxygen atoms in total. The number of likely N-dealkylation sites (N-methyl/N-ethyl adjacent to an activating group) is 1. The van der Waals surface area contributed by atoms with Gasteiger partial charge in [0.2, 0.25) is 0 Å². The minimum Gasteiger partial charge on any atom is -0.486 e. The molecule has 0 bridgehead atoms. The highest BCUT2D eigenvalue weighted by atomic mass is 16.5. The summed E-state index contributed by atoms with van der Waals surface area (Å²) in [5.41, 5.74) is 5.57. The Labute approximate surface area is 162 Å². The molecular weight excluding hydrogens is 334 g/mol. The molecule has 2 aliphatic carbocycles. The van der Waals surface area contributed by atoms with Gasteiger partial charge in [-0.25, -0.2) is 0 Å². The van der Waals surface area contributed by atoms with E-state index in [1.54, 1.807) is 5.56 Å². The van der Waals surface area contributed by atoms with Crippen LogP contribution in [0.15, 0.2) is 36.4 Å². The van der Waals surface area contributed by atoms with Crippen LogP contribution in [0, 0.1) is 5.92 Å². The lowest BCUT2D eigenvalue weighted by Crippen LogP contribution is -2.33. The highest BCUT2D eigenvalue weighted by molar-refractivity contribution is 5.73. The molecule has 2 atom stereocenters. The molecule has 27 heavy (non-hydrogen) atoms. The van der Waals surface area contributed by atoms with E-state index >= 15 is 0 Å². The average Bonchev–Trinajstić information content (AvgIpc) is 2.72. The van der Waals surface area contributed by atoms with Crippen LogP contribution in [0.4, 0.5) is 5.69 Å². The summed E-state index contributed by atoms with van der Waals surface area (Å²) in [6.07, 6.45) is 8.02. The van der Waals surface area contributed by atoms with Crippen LogP contribution in [0.25, 0.3) is 0 Å². The van der Waals surface area contributed by atoms with Gasteiger partial charge in [0.15, 0.2) is 11.5 Å². The maximum atomic E-state index is 6.33. The van der Waals surface area contributed by atoms with Gasteiger partial charge in [0.05, 0.1) is 12.2 Å². The van der Waals surface area contributed by atoms with E-state index in [-0.39, 0.29) is 0 Å². The number of nitrogens with zero attached hydrogens (tertiary/aromatic N) is 1.